The number of carbonyl (C=O) groups is 1. The number of nitrogens with zero attached hydrogens (tertiary/aromatic N) is 2. The molecule has 0 saturated carbocycles. The van der Waals surface area contributed by atoms with Crippen LogP contribution in [0.2, 0.25) is 0 Å². The summed E-state index contributed by atoms with van der Waals surface area (Å²) in [6.07, 6.45) is 0.565. The fourth-order valence-corrected chi connectivity index (χ4v) is 1.33. The van der Waals surface area contributed by atoms with Crippen molar-refractivity contribution in [2.24, 2.45) is 0 Å². The highest BCUT2D eigenvalue weighted by Crippen LogP contribution is 2.06. The second-order valence-electron chi connectivity index (χ2n) is 3.85. The maximum absolute atomic E-state index is 12.1. The number of anilines is 1. The van der Waals surface area contributed by atoms with Crippen molar-refractivity contribution in [1.29, 1.82) is 0 Å². The van der Waals surface area contributed by atoms with Crippen LogP contribution in [0.15, 0.2) is 12.4 Å². The second kappa shape index (κ2) is 6.90. The van der Waals surface area contributed by atoms with Gasteiger partial charge in [-0.2, -0.15) is 5.10 Å². The van der Waals surface area contributed by atoms with Gasteiger partial charge in [0.05, 0.1) is 11.9 Å². The van der Waals surface area contributed by atoms with Gasteiger partial charge in [0.15, 0.2) is 0 Å². The molecule has 8 heteroatoms. The summed E-state index contributed by atoms with van der Waals surface area (Å²) in [6.45, 7) is 1.22. The summed E-state index contributed by atoms with van der Waals surface area (Å²) in [7, 11) is 0. The molecule has 1 aromatic rings. The molecule has 3 N–H and O–H groups in total. The van der Waals surface area contributed by atoms with E-state index in [2.05, 4.69) is 15.7 Å². The largest absolute Gasteiger partial charge is 0.396 e. The molecule has 0 spiro atoms. The fourth-order valence-electron chi connectivity index (χ4n) is 1.33. The smallest absolute Gasteiger partial charge is 0.319 e. The van der Waals surface area contributed by atoms with E-state index in [4.69, 9.17) is 5.11 Å². The molecule has 0 fully saturated rings. The van der Waals surface area contributed by atoms with Crippen LogP contribution in [0.4, 0.5) is 19.3 Å². The molecule has 1 heterocycles. The molecule has 0 radical (unpaired) electrons. The number of rotatable bonds is 6. The van der Waals surface area contributed by atoms with E-state index in [0.29, 0.717) is 12.1 Å². The van der Waals surface area contributed by atoms with E-state index in [9.17, 15) is 13.6 Å². The molecule has 0 saturated heterocycles. The number of aliphatic hydroxyl groups is 1. The minimum Gasteiger partial charge on any atom is -0.396 e. The molecule has 0 aliphatic rings. The lowest BCUT2D eigenvalue weighted by Crippen LogP contribution is -2.36. The monoisotopic (exact) mass is 262 g/mol. The first-order chi connectivity index (χ1) is 8.51. The average Bonchev–Trinajstić information content (AvgIpc) is 2.64. The second-order valence-corrected chi connectivity index (χ2v) is 3.85. The Morgan fingerprint density at radius 3 is 2.94 bits per heavy atom. The predicted molar refractivity (Wildman–Crippen MR) is 61.6 cm³/mol. The quantitative estimate of drug-likeness (QED) is 0.716. The summed E-state index contributed by atoms with van der Waals surface area (Å²) in [5.74, 6) is 0. The van der Waals surface area contributed by atoms with Crippen molar-refractivity contribution in [2.75, 3.05) is 11.9 Å². The summed E-state index contributed by atoms with van der Waals surface area (Å²) < 4.78 is 25.2. The summed E-state index contributed by atoms with van der Waals surface area (Å²) in [4.78, 5) is 11.4. The Kier molecular flexibility index (Phi) is 5.50. The number of hydrogen-bond acceptors (Lipinski definition) is 3. The van der Waals surface area contributed by atoms with Crippen LogP contribution in [0.5, 0.6) is 0 Å². The Morgan fingerprint density at radius 2 is 2.33 bits per heavy atom. The van der Waals surface area contributed by atoms with Crippen LogP contribution in [-0.2, 0) is 6.54 Å². The highest BCUT2D eigenvalue weighted by atomic mass is 19.3. The lowest BCUT2D eigenvalue weighted by molar-refractivity contribution is 0.122. The van der Waals surface area contributed by atoms with E-state index in [1.54, 1.807) is 6.92 Å². The Balaban J connectivity index is 2.42. The van der Waals surface area contributed by atoms with Gasteiger partial charge in [0.25, 0.3) is 6.43 Å². The zero-order valence-electron chi connectivity index (χ0n) is 9.94. The van der Waals surface area contributed by atoms with Gasteiger partial charge in [0.1, 0.15) is 6.54 Å². The van der Waals surface area contributed by atoms with Crippen molar-refractivity contribution in [3.63, 3.8) is 0 Å². The topological polar surface area (TPSA) is 79.2 Å². The van der Waals surface area contributed by atoms with Gasteiger partial charge in [-0.05, 0) is 13.3 Å². The first-order valence-electron chi connectivity index (χ1n) is 5.50. The van der Waals surface area contributed by atoms with Gasteiger partial charge in [0.2, 0.25) is 0 Å². The SMILES string of the molecule is C[C@H](CCO)NC(=O)Nc1cnn(CC(F)F)c1. The molecule has 1 aromatic heterocycles. The van der Waals surface area contributed by atoms with Crippen molar-refractivity contribution in [2.45, 2.75) is 32.4 Å². The van der Waals surface area contributed by atoms with Gasteiger partial charge >= 0.3 is 6.03 Å². The maximum Gasteiger partial charge on any atom is 0.319 e. The third-order valence-corrected chi connectivity index (χ3v) is 2.16. The minimum absolute atomic E-state index is 0.0201. The van der Waals surface area contributed by atoms with Gasteiger partial charge < -0.3 is 15.7 Å². The predicted octanol–water partition coefficient (Wildman–Crippen LogP) is 1.04. The number of hydrogen-bond donors (Lipinski definition) is 3. The molecule has 0 aromatic carbocycles. The van der Waals surface area contributed by atoms with Crippen LogP contribution < -0.4 is 10.6 Å². The first kappa shape index (κ1) is 14.4. The van der Waals surface area contributed by atoms with Gasteiger partial charge in [-0.15, -0.1) is 0 Å². The third kappa shape index (κ3) is 5.09. The molecule has 1 rings (SSSR count). The molecular weight excluding hydrogens is 246 g/mol. The van der Waals surface area contributed by atoms with Crippen LogP contribution in [0.3, 0.4) is 0 Å². The number of aliphatic hydroxyl groups excluding tert-OH is 1. The number of aromatic nitrogens is 2. The Morgan fingerprint density at radius 1 is 1.61 bits per heavy atom. The number of carbonyl (C=O) groups excluding carboxylic acids is 1. The summed E-state index contributed by atoms with van der Waals surface area (Å²) in [5.41, 5.74) is 0.337. The Hall–Kier alpha value is -1.70. The average molecular weight is 262 g/mol. The Bertz CT molecular complexity index is 384. The van der Waals surface area contributed by atoms with Crippen LogP contribution in [0.25, 0.3) is 0 Å². The van der Waals surface area contributed by atoms with Crippen molar-refractivity contribution in [1.82, 2.24) is 15.1 Å². The van der Waals surface area contributed by atoms with Crippen LogP contribution in [0.1, 0.15) is 13.3 Å². The molecule has 0 aliphatic carbocycles. The Labute approximate surface area is 103 Å². The number of amides is 2. The highest BCUT2D eigenvalue weighted by molar-refractivity contribution is 5.89. The van der Waals surface area contributed by atoms with E-state index in [1.165, 1.54) is 12.4 Å². The normalized spacial score (nSPS) is 12.5. The fraction of sp³-hybridized carbons (Fsp3) is 0.600. The maximum atomic E-state index is 12.1. The summed E-state index contributed by atoms with van der Waals surface area (Å²) >= 11 is 0. The zero-order valence-corrected chi connectivity index (χ0v) is 9.94. The van der Waals surface area contributed by atoms with Crippen molar-refractivity contribution >= 4 is 11.7 Å². The molecule has 102 valence electrons. The van der Waals surface area contributed by atoms with Crippen LogP contribution >= 0.6 is 0 Å². The third-order valence-electron chi connectivity index (χ3n) is 2.16. The molecule has 2 amide bonds. The number of alkyl halides is 2. The van der Waals surface area contributed by atoms with E-state index >= 15 is 0 Å². The van der Waals surface area contributed by atoms with Gasteiger partial charge in [0, 0.05) is 18.8 Å². The molecular formula is C10H16F2N4O2. The summed E-state index contributed by atoms with van der Waals surface area (Å²) in [5, 5.41) is 17.4. The lowest BCUT2D eigenvalue weighted by Gasteiger charge is -2.12. The van der Waals surface area contributed by atoms with E-state index in [-0.39, 0.29) is 12.6 Å². The molecule has 0 aliphatic heterocycles. The van der Waals surface area contributed by atoms with E-state index < -0.39 is 19.0 Å². The molecule has 0 unspecified atom stereocenters. The van der Waals surface area contributed by atoms with Crippen molar-refractivity contribution in [3.8, 4) is 0 Å². The standard InChI is InChI=1S/C10H16F2N4O2/c1-7(2-3-17)14-10(18)15-8-4-13-16(5-8)6-9(11)12/h4-5,7,9,17H,2-3,6H2,1H3,(H2,14,15,18)/t7-/m1/s1. The highest BCUT2D eigenvalue weighted by Gasteiger charge is 2.09. The van der Waals surface area contributed by atoms with Gasteiger partial charge in [-0.3, -0.25) is 4.68 Å². The first-order valence-corrected chi connectivity index (χ1v) is 5.50. The van der Waals surface area contributed by atoms with Crippen LogP contribution in [0, 0.1) is 0 Å². The number of nitrogens with one attached hydrogen (secondary N) is 2. The van der Waals surface area contributed by atoms with E-state index in [0.717, 1.165) is 4.68 Å². The van der Waals surface area contributed by atoms with Gasteiger partial charge in [-0.25, -0.2) is 13.6 Å². The number of urea groups is 1. The van der Waals surface area contributed by atoms with E-state index in [1.807, 2.05) is 0 Å². The molecule has 18 heavy (non-hydrogen) atoms. The van der Waals surface area contributed by atoms with Gasteiger partial charge in [-0.1, -0.05) is 0 Å². The molecule has 6 nitrogen and oxygen atoms in total. The molecule has 1 atom stereocenters. The van der Waals surface area contributed by atoms with Crippen molar-refractivity contribution < 1.29 is 18.7 Å². The molecule has 0 bridgehead atoms. The minimum atomic E-state index is -2.49. The number of halogens is 2. The lowest BCUT2D eigenvalue weighted by atomic mass is 10.2. The summed E-state index contributed by atoms with van der Waals surface area (Å²) in [6, 6.07) is -0.640. The zero-order chi connectivity index (χ0) is 13.5. The van der Waals surface area contributed by atoms with Crippen molar-refractivity contribution in [3.05, 3.63) is 12.4 Å². The van der Waals surface area contributed by atoms with Crippen LogP contribution in [-0.4, -0.2) is 40.0 Å².